The van der Waals surface area contributed by atoms with Crippen LogP contribution in [0.3, 0.4) is 0 Å². The molecule has 1 aromatic heterocycles. The Morgan fingerprint density at radius 3 is 2.50 bits per heavy atom. The fourth-order valence-electron chi connectivity index (χ4n) is 3.53. The number of hydrogen-bond donors (Lipinski definition) is 2. The van der Waals surface area contributed by atoms with Gasteiger partial charge in [0.15, 0.2) is 6.29 Å². The molecule has 0 radical (unpaired) electrons. The second-order valence-electron chi connectivity index (χ2n) is 7.46. The molecule has 26 heavy (non-hydrogen) atoms. The molecule has 2 heterocycles. The Bertz CT molecular complexity index is 701. The van der Waals surface area contributed by atoms with Crippen molar-refractivity contribution in [3.63, 3.8) is 0 Å². The lowest BCUT2D eigenvalue weighted by molar-refractivity contribution is -0.000774. The summed E-state index contributed by atoms with van der Waals surface area (Å²) in [6.45, 7) is 6.60. The van der Waals surface area contributed by atoms with E-state index >= 15 is 0 Å². The van der Waals surface area contributed by atoms with Crippen LogP contribution < -0.4 is 0 Å². The lowest BCUT2D eigenvalue weighted by atomic mass is 9.82. The molecule has 0 bridgehead atoms. The van der Waals surface area contributed by atoms with Gasteiger partial charge in [-0.3, -0.25) is 4.79 Å². The van der Waals surface area contributed by atoms with E-state index in [9.17, 15) is 14.3 Å². The molecule has 2 aromatic rings. The molecule has 0 atom stereocenters. The number of carbonyl (C=O) groups is 1. The number of piperidine rings is 1. The van der Waals surface area contributed by atoms with Crippen LogP contribution in [0.5, 0.6) is 0 Å². The van der Waals surface area contributed by atoms with E-state index in [4.69, 9.17) is 0 Å². The highest BCUT2D eigenvalue weighted by Crippen LogP contribution is 2.29. The van der Waals surface area contributed by atoms with Gasteiger partial charge >= 0.3 is 0 Å². The molecule has 1 aliphatic heterocycles. The summed E-state index contributed by atoms with van der Waals surface area (Å²) in [6, 6.07) is 6.04. The standard InChI is InChI=1S/C12H25NO.C9H6FNO/c1-4-12(14,5-2)10-11-6-8-13(3)9-7-11;10-7-2-1-6-3-8(5-12)11-9(6)4-7/h11,14H,4-10H2,1-3H3;1-5,11H. The van der Waals surface area contributed by atoms with Gasteiger partial charge in [-0.05, 0) is 82.4 Å². The number of rotatable bonds is 5. The Morgan fingerprint density at radius 1 is 1.27 bits per heavy atom. The predicted octanol–water partition coefficient (Wildman–Crippen LogP) is 4.39. The number of hydrogen-bond acceptors (Lipinski definition) is 3. The van der Waals surface area contributed by atoms with Crippen LogP contribution in [0.15, 0.2) is 24.3 Å². The van der Waals surface area contributed by atoms with E-state index < -0.39 is 0 Å². The van der Waals surface area contributed by atoms with Crippen molar-refractivity contribution in [3.05, 3.63) is 35.8 Å². The van der Waals surface area contributed by atoms with Crippen molar-refractivity contribution in [1.82, 2.24) is 9.88 Å². The third-order valence-corrected chi connectivity index (χ3v) is 5.56. The van der Waals surface area contributed by atoms with Crippen LogP contribution in [-0.4, -0.2) is 47.0 Å². The van der Waals surface area contributed by atoms with Gasteiger partial charge < -0.3 is 15.0 Å². The summed E-state index contributed by atoms with van der Waals surface area (Å²) in [6.07, 6.45) is 6.04. The molecule has 0 unspecified atom stereocenters. The summed E-state index contributed by atoms with van der Waals surface area (Å²) in [4.78, 5) is 15.5. The Hall–Kier alpha value is -1.72. The minimum Gasteiger partial charge on any atom is -0.390 e. The van der Waals surface area contributed by atoms with E-state index in [0.29, 0.717) is 17.5 Å². The Labute approximate surface area is 155 Å². The summed E-state index contributed by atoms with van der Waals surface area (Å²) in [5, 5.41) is 11.1. The smallest absolute Gasteiger partial charge is 0.166 e. The second kappa shape index (κ2) is 9.28. The van der Waals surface area contributed by atoms with Gasteiger partial charge in [0.05, 0.1) is 11.3 Å². The van der Waals surface area contributed by atoms with Crippen molar-refractivity contribution in [2.45, 2.75) is 51.6 Å². The van der Waals surface area contributed by atoms with E-state index in [-0.39, 0.29) is 11.4 Å². The van der Waals surface area contributed by atoms with Crippen LogP contribution in [0.4, 0.5) is 4.39 Å². The monoisotopic (exact) mass is 362 g/mol. The molecule has 2 N–H and O–H groups in total. The van der Waals surface area contributed by atoms with Crippen LogP contribution in [0.2, 0.25) is 0 Å². The Balaban J connectivity index is 0.000000189. The molecule has 0 saturated carbocycles. The summed E-state index contributed by atoms with van der Waals surface area (Å²) in [7, 11) is 2.18. The zero-order valence-electron chi connectivity index (χ0n) is 16.1. The van der Waals surface area contributed by atoms with Crippen molar-refractivity contribution in [2.75, 3.05) is 20.1 Å². The van der Waals surface area contributed by atoms with Crippen LogP contribution >= 0.6 is 0 Å². The highest BCUT2D eigenvalue weighted by atomic mass is 19.1. The molecular formula is C21H31FN2O2. The number of fused-ring (bicyclic) bond motifs is 1. The number of aldehydes is 1. The van der Waals surface area contributed by atoms with Crippen molar-refractivity contribution < 1.29 is 14.3 Å². The van der Waals surface area contributed by atoms with Crippen molar-refractivity contribution >= 4 is 17.2 Å². The molecule has 1 saturated heterocycles. The van der Waals surface area contributed by atoms with Gasteiger partial charge in [0.1, 0.15) is 5.82 Å². The number of benzene rings is 1. The number of H-pyrrole nitrogens is 1. The van der Waals surface area contributed by atoms with E-state index in [0.717, 1.165) is 30.6 Å². The number of nitrogens with one attached hydrogen (secondary N) is 1. The first-order chi connectivity index (χ1) is 12.4. The summed E-state index contributed by atoms with van der Waals surface area (Å²) >= 11 is 0. The van der Waals surface area contributed by atoms with Gasteiger partial charge in [0.25, 0.3) is 0 Å². The van der Waals surface area contributed by atoms with Crippen molar-refractivity contribution in [3.8, 4) is 0 Å². The highest BCUT2D eigenvalue weighted by molar-refractivity contribution is 5.87. The maximum Gasteiger partial charge on any atom is 0.166 e. The molecule has 5 heteroatoms. The second-order valence-corrected chi connectivity index (χ2v) is 7.46. The van der Waals surface area contributed by atoms with Gasteiger partial charge in [0, 0.05) is 10.9 Å². The van der Waals surface area contributed by atoms with Crippen molar-refractivity contribution in [2.24, 2.45) is 5.92 Å². The number of likely N-dealkylation sites (tertiary alicyclic amines) is 1. The first kappa shape index (κ1) is 20.6. The molecular weight excluding hydrogens is 331 g/mol. The molecule has 0 aliphatic carbocycles. The minimum atomic E-state index is -0.388. The SMILES string of the molecule is CCC(O)(CC)CC1CCN(C)CC1.O=Cc1cc2ccc(F)cc2[nH]1. The zero-order valence-corrected chi connectivity index (χ0v) is 16.1. The fraction of sp³-hybridized carbons (Fsp3) is 0.571. The quantitative estimate of drug-likeness (QED) is 0.776. The fourth-order valence-corrected chi connectivity index (χ4v) is 3.53. The number of nitrogens with zero attached hydrogens (tertiary/aromatic N) is 1. The minimum absolute atomic E-state index is 0.304. The van der Waals surface area contributed by atoms with Crippen LogP contribution in [0, 0.1) is 11.7 Å². The predicted molar refractivity (Wildman–Crippen MR) is 104 cm³/mol. The average Bonchev–Trinajstić information content (AvgIpc) is 3.06. The normalized spacial score (nSPS) is 16.3. The number of halogens is 1. The van der Waals surface area contributed by atoms with E-state index in [1.807, 2.05) is 0 Å². The average molecular weight is 362 g/mol. The Kier molecular flexibility index (Phi) is 7.35. The number of aromatic nitrogens is 1. The third kappa shape index (κ3) is 5.64. The lowest BCUT2D eigenvalue weighted by Crippen LogP contribution is -2.36. The number of carbonyl (C=O) groups excluding carboxylic acids is 1. The van der Waals surface area contributed by atoms with E-state index in [2.05, 4.69) is 30.8 Å². The zero-order chi connectivity index (χ0) is 19.2. The maximum atomic E-state index is 12.6. The molecule has 0 amide bonds. The summed E-state index contributed by atoms with van der Waals surface area (Å²) in [5.41, 5.74) is 0.730. The van der Waals surface area contributed by atoms with Gasteiger partial charge in [0.2, 0.25) is 0 Å². The molecule has 3 rings (SSSR count). The van der Waals surface area contributed by atoms with Gasteiger partial charge in [-0.2, -0.15) is 0 Å². The molecule has 4 nitrogen and oxygen atoms in total. The Morgan fingerprint density at radius 2 is 1.92 bits per heavy atom. The summed E-state index contributed by atoms with van der Waals surface area (Å²) in [5.74, 6) is 0.442. The van der Waals surface area contributed by atoms with Crippen LogP contribution in [0.1, 0.15) is 56.4 Å². The van der Waals surface area contributed by atoms with Gasteiger partial charge in [-0.15, -0.1) is 0 Å². The van der Waals surface area contributed by atoms with Crippen LogP contribution in [0.25, 0.3) is 10.9 Å². The van der Waals surface area contributed by atoms with Crippen molar-refractivity contribution in [1.29, 1.82) is 0 Å². The first-order valence-electron chi connectivity index (χ1n) is 9.53. The van der Waals surface area contributed by atoms with Crippen LogP contribution in [-0.2, 0) is 0 Å². The van der Waals surface area contributed by atoms with E-state index in [1.165, 1.54) is 38.1 Å². The molecule has 1 aromatic carbocycles. The van der Waals surface area contributed by atoms with Gasteiger partial charge in [-0.25, -0.2) is 4.39 Å². The highest BCUT2D eigenvalue weighted by Gasteiger charge is 2.28. The topological polar surface area (TPSA) is 56.3 Å². The molecule has 1 aliphatic rings. The molecule has 144 valence electrons. The van der Waals surface area contributed by atoms with E-state index in [1.54, 1.807) is 12.1 Å². The van der Waals surface area contributed by atoms with Gasteiger partial charge in [-0.1, -0.05) is 13.8 Å². The largest absolute Gasteiger partial charge is 0.390 e. The third-order valence-electron chi connectivity index (χ3n) is 5.56. The number of aliphatic hydroxyl groups is 1. The maximum absolute atomic E-state index is 12.6. The first-order valence-corrected chi connectivity index (χ1v) is 9.53. The summed E-state index contributed by atoms with van der Waals surface area (Å²) < 4.78 is 12.6. The molecule has 0 spiro atoms. The lowest BCUT2D eigenvalue weighted by Gasteiger charge is -2.35. The molecule has 1 fully saturated rings. The number of aromatic amines is 1.